The number of hydrogen-bond acceptors (Lipinski definition) is 2. The maximum absolute atomic E-state index is 10.4. The zero-order valence-electron chi connectivity index (χ0n) is 8.97. The Kier molecular flexibility index (Phi) is 1.91. The molecular weight excluding hydrogens is 268 g/mol. The number of aliphatic hydroxyl groups excluding tert-OH is 1. The zero-order valence-corrected chi connectivity index (χ0v) is 10.6. The second-order valence-corrected chi connectivity index (χ2v) is 6.50. The molecule has 0 spiro atoms. The van der Waals surface area contributed by atoms with Gasteiger partial charge in [-0.25, -0.2) is 0 Å². The number of rotatable bonds is 2. The average molecular weight is 283 g/mol. The van der Waals surface area contributed by atoms with Crippen molar-refractivity contribution in [3.05, 3.63) is 22.6 Å². The predicted molar refractivity (Wildman–Crippen MR) is 62.7 cm³/mol. The van der Waals surface area contributed by atoms with Crippen LogP contribution in [0.1, 0.15) is 31.1 Å². The Labute approximate surface area is 103 Å². The van der Waals surface area contributed by atoms with Crippen LogP contribution >= 0.6 is 15.9 Å². The molecule has 5 atom stereocenters. The Morgan fingerprint density at radius 2 is 2.00 bits per heavy atom. The molecule has 0 amide bonds. The molecule has 0 aliphatic heterocycles. The van der Waals surface area contributed by atoms with Gasteiger partial charge in [-0.1, -0.05) is 0 Å². The van der Waals surface area contributed by atoms with E-state index in [2.05, 4.69) is 15.9 Å². The molecule has 0 radical (unpaired) electrons. The monoisotopic (exact) mass is 282 g/mol. The summed E-state index contributed by atoms with van der Waals surface area (Å²) in [6.07, 6.45) is 5.48. The van der Waals surface area contributed by atoms with Crippen molar-refractivity contribution >= 4 is 15.9 Å². The SMILES string of the molecule is OC(c1occc1Br)C1C2C3CCC(C3)C21. The van der Waals surface area contributed by atoms with Crippen molar-refractivity contribution in [1.82, 2.24) is 0 Å². The summed E-state index contributed by atoms with van der Waals surface area (Å²) in [5.74, 6) is 4.62. The lowest BCUT2D eigenvalue weighted by atomic mass is 9.98. The highest BCUT2D eigenvalue weighted by Crippen LogP contribution is 2.72. The fraction of sp³-hybridized carbons (Fsp3) is 0.692. The van der Waals surface area contributed by atoms with E-state index in [9.17, 15) is 5.11 Å². The van der Waals surface area contributed by atoms with Gasteiger partial charge >= 0.3 is 0 Å². The summed E-state index contributed by atoms with van der Waals surface area (Å²) in [5.41, 5.74) is 0. The molecule has 3 saturated carbocycles. The summed E-state index contributed by atoms with van der Waals surface area (Å²) >= 11 is 3.43. The van der Waals surface area contributed by atoms with Crippen molar-refractivity contribution in [2.24, 2.45) is 29.6 Å². The van der Waals surface area contributed by atoms with Crippen molar-refractivity contribution in [1.29, 1.82) is 0 Å². The minimum Gasteiger partial charge on any atom is -0.465 e. The summed E-state index contributed by atoms with van der Waals surface area (Å²) in [7, 11) is 0. The topological polar surface area (TPSA) is 33.4 Å². The van der Waals surface area contributed by atoms with Crippen molar-refractivity contribution < 1.29 is 9.52 Å². The molecule has 86 valence electrons. The van der Waals surface area contributed by atoms with Crippen LogP contribution in [0.15, 0.2) is 21.2 Å². The molecule has 3 aliphatic carbocycles. The summed E-state index contributed by atoms with van der Waals surface area (Å²) in [6.45, 7) is 0. The summed E-state index contributed by atoms with van der Waals surface area (Å²) in [4.78, 5) is 0. The van der Waals surface area contributed by atoms with Gasteiger partial charge in [-0.15, -0.1) is 0 Å². The molecule has 5 unspecified atom stereocenters. The van der Waals surface area contributed by atoms with E-state index in [4.69, 9.17) is 4.42 Å². The van der Waals surface area contributed by atoms with Crippen LogP contribution in [0.4, 0.5) is 0 Å². The molecule has 1 aromatic heterocycles. The lowest BCUT2D eigenvalue weighted by molar-refractivity contribution is 0.105. The number of fused-ring (bicyclic) bond motifs is 5. The van der Waals surface area contributed by atoms with Crippen LogP contribution in [0.25, 0.3) is 0 Å². The molecule has 3 fully saturated rings. The first kappa shape index (κ1) is 9.72. The number of halogens is 1. The van der Waals surface area contributed by atoms with Crippen LogP contribution in [0.3, 0.4) is 0 Å². The highest BCUT2D eigenvalue weighted by atomic mass is 79.9. The first-order chi connectivity index (χ1) is 7.77. The van der Waals surface area contributed by atoms with E-state index in [0.717, 1.165) is 33.9 Å². The van der Waals surface area contributed by atoms with E-state index in [1.54, 1.807) is 6.26 Å². The van der Waals surface area contributed by atoms with E-state index < -0.39 is 0 Å². The Hall–Kier alpha value is -0.280. The minimum absolute atomic E-state index is 0.386. The fourth-order valence-corrected chi connectivity index (χ4v) is 4.94. The minimum atomic E-state index is -0.386. The first-order valence-electron chi connectivity index (χ1n) is 6.18. The molecule has 0 aromatic carbocycles. The highest BCUT2D eigenvalue weighted by molar-refractivity contribution is 9.10. The lowest BCUT2D eigenvalue weighted by Crippen LogP contribution is -2.08. The van der Waals surface area contributed by atoms with Crippen LogP contribution in [0.2, 0.25) is 0 Å². The smallest absolute Gasteiger partial charge is 0.146 e. The fourth-order valence-electron chi connectivity index (χ4n) is 4.51. The van der Waals surface area contributed by atoms with Crippen molar-refractivity contribution in [2.45, 2.75) is 25.4 Å². The van der Waals surface area contributed by atoms with Gasteiger partial charge in [-0.05, 0) is 70.8 Å². The van der Waals surface area contributed by atoms with Crippen LogP contribution in [0.5, 0.6) is 0 Å². The second-order valence-electron chi connectivity index (χ2n) is 5.64. The molecule has 2 nitrogen and oxygen atoms in total. The third kappa shape index (κ3) is 1.11. The second kappa shape index (κ2) is 3.14. The average Bonchev–Trinajstić information content (AvgIpc) is 2.67. The molecule has 2 bridgehead atoms. The largest absolute Gasteiger partial charge is 0.465 e. The van der Waals surface area contributed by atoms with Gasteiger partial charge in [0.15, 0.2) is 0 Å². The Morgan fingerprint density at radius 3 is 2.56 bits per heavy atom. The van der Waals surface area contributed by atoms with Crippen LogP contribution in [-0.2, 0) is 0 Å². The summed E-state index contributed by atoms with van der Waals surface area (Å²) in [6, 6.07) is 1.87. The molecule has 16 heavy (non-hydrogen) atoms. The van der Waals surface area contributed by atoms with E-state index >= 15 is 0 Å². The first-order valence-corrected chi connectivity index (χ1v) is 6.97. The Morgan fingerprint density at radius 1 is 1.31 bits per heavy atom. The van der Waals surface area contributed by atoms with Gasteiger partial charge in [0.05, 0.1) is 10.7 Å². The molecule has 1 aromatic rings. The molecule has 1 N–H and O–H groups in total. The predicted octanol–water partition coefficient (Wildman–Crippen LogP) is 3.37. The quantitative estimate of drug-likeness (QED) is 0.902. The normalized spacial score (nSPS) is 45.8. The van der Waals surface area contributed by atoms with Gasteiger partial charge in [-0.2, -0.15) is 0 Å². The van der Waals surface area contributed by atoms with Crippen LogP contribution in [-0.4, -0.2) is 5.11 Å². The number of hydrogen-bond donors (Lipinski definition) is 1. The summed E-state index contributed by atoms with van der Waals surface area (Å²) < 4.78 is 6.30. The van der Waals surface area contributed by atoms with Gasteiger partial charge in [0.25, 0.3) is 0 Å². The van der Waals surface area contributed by atoms with E-state index in [0.29, 0.717) is 5.92 Å². The van der Waals surface area contributed by atoms with Gasteiger partial charge in [0, 0.05) is 0 Å². The molecule has 3 aliphatic rings. The molecule has 1 heterocycles. The molecule has 3 heteroatoms. The van der Waals surface area contributed by atoms with Crippen molar-refractivity contribution in [3.63, 3.8) is 0 Å². The maximum Gasteiger partial charge on any atom is 0.146 e. The molecular formula is C13H15BrO2. The summed E-state index contributed by atoms with van der Waals surface area (Å²) in [5, 5.41) is 10.4. The van der Waals surface area contributed by atoms with E-state index in [1.807, 2.05) is 6.07 Å². The third-order valence-electron chi connectivity index (χ3n) is 5.07. The van der Waals surface area contributed by atoms with Gasteiger partial charge < -0.3 is 9.52 Å². The van der Waals surface area contributed by atoms with Gasteiger partial charge in [-0.3, -0.25) is 0 Å². The lowest BCUT2D eigenvalue weighted by Gasteiger charge is -2.13. The number of aliphatic hydroxyl groups is 1. The highest BCUT2D eigenvalue weighted by Gasteiger charge is 2.67. The maximum atomic E-state index is 10.4. The number of furan rings is 1. The Bertz CT molecular complexity index is 411. The zero-order chi connectivity index (χ0) is 10.9. The van der Waals surface area contributed by atoms with Gasteiger partial charge in [0.2, 0.25) is 0 Å². The standard InChI is InChI=1S/C13H15BrO2/c14-8-3-4-16-13(8)12(15)11-9-6-1-2-7(5-6)10(9)11/h3-4,6-7,9-12,15H,1-2,5H2. The van der Waals surface area contributed by atoms with E-state index in [1.165, 1.54) is 19.3 Å². The van der Waals surface area contributed by atoms with Crippen LogP contribution in [0, 0.1) is 29.6 Å². The van der Waals surface area contributed by atoms with E-state index in [-0.39, 0.29) is 6.10 Å². The van der Waals surface area contributed by atoms with Crippen LogP contribution < -0.4 is 0 Å². The van der Waals surface area contributed by atoms with Gasteiger partial charge in [0.1, 0.15) is 11.9 Å². The van der Waals surface area contributed by atoms with Crippen molar-refractivity contribution in [2.75, 3.05) is 0 Å². The Balaban J connectivity index is 1.59. The molecule has 4 rings (SSSR count). The molecule has 0 saturated heterocycles. The third-order valence-corrected chi connectivity index (χ3v) is 5.73. The van der Waals surface area contributed by atoms with Crippen molar-refractivity contribution in [3.8, 4) is 0 Å².